The van der Waals surface area contributed by atoms with Crippen molar-refractivity contribution in [3.8, 4) is 0 Å². The van der Waals surface area contributed by atoms with Gasteiger partial charge in [-0.05, 0) is 46.7 Å². The molecule has 132 valence electrons. The summed E-state index contributed by atoms with van der Waals surface area (Å²) >= 11 is 0. The second-order valence-corrected chi connectivity index (χ2v) is 8.45. The number of sulfonamides is 1. The van der Waals surface area contributed by atoms with Gasteiger partial charge in [0, 0.05) is 38.3 Å². The number of hydrogen-bond donors (Lipinski definition) is 0. The first-order valence-electron chi connectivity index (χ1n) is 8.90. The number of piperazine rings is 1. The second kappa shape index (κ2) is 9.21. The predicted molar refractivity (Wildman–Crippen MR) is 93.7 cm³/mol. The van der Waals surface area contributed by atoms with Crippen LogP contribution < -0.4 is 0 Å². The van der Waals surface area contributed by atoms with Crippen molar-refractivity contribution in [3.63, 3.8) is 0 Å². The third kappa shape index (κ3) is 5.18. The zero-order valence-corrected chi connectivity index (χ0v) is 15.9. The summed E-state index contributed by atoms with van der Waals surface area (Å²) in [7, 11) is -3.00. The highest BCUT2D eigenvalue weighted by atomic mass is 32.2. The van der Waals surface area contributed by atoms with Crippen LogP contribution in [0.2, 0.25) is 0 Å². The van der Waals surface area contributed by atoms with E-state index in [2.05, 4.69) is 23.6 Å². The van der Waals surface area contributed by atoms with Gasteiger partial charge in [-0.1, -0.05) is 13.8 Å². The molecule has 0 aliphatic carbocycles. The van der Waals surface area contributed by atoms with Crippen LogP contribution in [0.15, 0.2) is 0 Å². The van der Waals surface area contributed by atoms with E-state index in [1.807, 2.05) is 13.8 Å². The number of hydrogen-bond acceptors (Lipinski definition) is 4. The van der Waals surface area contributed by atoms with Gasteiger partial charge < -0.3 is 4.90 Å². The van der Waals surface area contributed by atoms with E-state index in [1.54, 1.807) is 11.2 Å². The summed E-state index contributed by atoms with van der Waals surface area (Å²) in [5.41, 5.74) is 0. The van der Waals surface area contributed by atoms with Crippen molar-refractivity contribution in [3.05, 3.63) is 0 Å². The van der Waals surface area contributed by atoms with Crippen molar-refractivity contribution in [1.29, 1.82) is 0 Å². The average Bonchev–Trinajstić information content (AvgIpc) is 2.57. The molecule has 0 amide bonds. The van der Waals surface area contributed by atoms with Crippen LogP contribution in [0.3, 0.4) is 0 Å². The zero-order valence-electron chi connectivity index (χ0n) is 15.1. The van der Waals surface area contributed by atoms with E-state index >= 15 is 0 Å². The van der Waals surface area contributed by atoms with Crippen LogP contribution in [0, 0.1) is 0 Å². The lowest BCUT2D eigenvalue weighted by Gasteiger charge is -2.43. The normalized spacial score (nSPS) is 23.4. The van der Waals surface area contributed by atoms with E-state index in [1.165, 1.54) is 25.9 Å². The third-order valence-corrected chi connectivity index (χ3v) is 6.66. The average molecular weight is 334 g/mol. The monoisotopic (exact) mass is 333 g/mol. The van der Waals surface area contributed by atoms with Gasteiger partial charge in [0.25, 0.3) is 0 Å². The minimum absolute atomic E-state index is 0.222. The Bertz CT molecular complexity index is 396. The lowest BCUT2D eigenvalue weighted by atomic mass is 10.0. The van der Waals surface area contributed by atoms with Crippen LogP contribution in [-0.2, 0) is 10.0 Å². The molecule has 2 saturated heterocycles. The molecule has 22 heavy (non-hydrogen) atoms. The molecule has 0 N–H and O–H groups in total. The van der Waals surface area contributed by atoms with E-state index in [0.717, 1.165) is 13.1 Å². The smallest absolute Gasteiger partial charge is 0.213 e. The third-order valence-electron chi connectivity index (χ3n) is 4.78. The lowest BCUT2D eigenvalue weighted by Crippen LogP contribution is -2.54. The molecule has 0 spiro atoms. The predicted octanol–water partition coefficient (Wildman–Crippen LogP) is 1.85. The molecule has 2 aliphatic rings. The summed E-state index contributed by atoms with van der Waals surface area (Å²) in [5.74, 6) is 0.222. The maximum absolute atomic E-state index is 11.9. The molecule has 0 atom stereocenters. The molecule has 2 aliphatic heterocycles. The molecule has 0 unspecified atom stereocenters. The topological polar surface area (TPSA) is 43.9 Å². The quantitative estimate of drug-likeness (QED) is 0.787. The molecule has 0 saturated carbocycles. The Kier molecular flexibility index (Phi) is 8.32. The van der Waals surface area contributed by atoms with Crippen LogP contribution in [0.4, 0.5) is 0 Å². The molecule has 0 aromatic rings. The summed E-state index contributed by atoms with van der Waals surface area (Å²) in [6.45, 7) is 15.7. The molecule has 2 fully saturated rings. The Hall–Kier alpha value is -0.170. The van der Waals surface area contributed by atoms with Gasteiger partial charge in [0.15, 0.2) is 0 Å². The van der Waals surface area contributed by atoms with E-state index in [9.17, 15) is 8.42 Å². The van der Waals surface area contributed by atoms with E-state index in [4.69, 9.17) is 0 Å². The van der Waals surface area contributed by atoms with E-state index < -0.39 is 10.0 Å². The summed E-state index contributed by atoms with van der Waals surface area (Å²) in [5, 5.41) is 0. The first-order valence-corrected chi connectivity index (χ1v) is 10.5. The molecule has 2 heterocycles. The fraction of sp³-hybridized carbons (Fsp3) is 1.00. The second-order valence-electron chi connectivity index (χ2n) is 6.20. The summed E-state index contributed by atoms with van der Waals surface area (Å²) < 4.78 is 25.4. The van der Waals surface area contributed by atoms with Gasteiger partial charge in [0.1, 0.15) is 0 Å². The van der Waals surface area contributed by atoms with Crippen molar-refractivity contribution in [2.75, 3.05) is 45.0 Å². The maximum Gasteiger partial charge on any atom is 0.213 e. The highest BCUT2D eigenvalue weighted by Gasteiger charge is 2.31. The first-order chi connectivity index (χ1) is 10.4. The van der Waals surface area contributed by atoms with Crippen LogP contribution >= 0.6 is 0 Å². The van der Waals surface area contributed by atoms with Crippen molar-refractivity contribution in [2.24, 2.45) is 0 Å². The van der Waals surface area contributed by atoms with Crippen molar-refractivity contribution < 1.29 is 8.42 Å². The van der Waals surface area contributed by atoms with Crippen LogP contribution in [-0.4, -0.2) is 79.6 Å². The molecule has 6 heteroatoms. The Balaban J connectivity index is 0.00000116. The number of likely N-dealkylation sites (tertiary alicyclic amines) is 1. The molecule has 2 rings (SSSR count). The molecule has 0 radical (unpaired) electrons. The lowest BCUT2D eigenvalue weighted by molar-refractivity contribution is 0.0703. The van der Waals surface area contributed by atoms with Gasteiger partial charge >= 0.3 is 0 Å². The molecular formula is C16H35N3O2S. The number of rotatable bonds is 4. The van der Waals surface area contributed by atoms with Crippen molar-refractivity contribution in [2.45, 2.75) is 59.5 Å². The fourth-order valence-electron chi connectivity index (χ4n) is 3.30. The van der Waals surface area contributed by atoms with Crippen LogP contribution in [0.1, 0.15) is 47.5 Å². The minimum Gasteiger partial charge on any atom is -0.301 e. The number of nitrogens with zero attached hydrogens (tertiary/aromatic N) is 3. The summed E-state index contributed by atoms with van der Waals surface area (Å²) in [6, 6.07) is 1.29. The summed E-state index contributed by atoms with van der Waals surface area (Å²) in [6.07, 6.45) is 2.44. The van der Waals surface area contributed by atoms with Crippen molar-refractivity contribution >= 4 is 10.0 Å². The highest BCUT2D eigenvalue weighted by molar-refractivity contribution is 7.89. The summed E-state index contributed by atoms with van der Waals surface area (Å²) in [4.78, 5) is 5.04. The maximum atomic E-state index is 11.9. The first kappa shape index (κ1) is 19.9. The molecular weight excluding hydrogens is 298 g/mol. The van der Waals surface area contributed by atoms with Gasteiger partial charge in [-0.25, -0.2) is 8.42 Å². The Labute approximate surface area is 137 Å². The van der Waals surface area contributed by atoms with Gasteiger partial charge in [-0.2, -0.15) is 4.31 Å². The van der Waals surface area contributed by atoms with E-state index in [-0.39, 0.29) is 5.75 Å². The largest absolute Gasteiger partial charge is 0.301 e. The molecule has 0 bridgehead atoms. The minimum atomic E-state index is -3.00. The van der Waals surface area contributed by atoms with Gasteiger partial charge in [0.05, 0.1) is 5.75 Å². The molecule has 0 aromatic carbocycles. The van der Waals surface area contributed by atoms with Gasteiger partial charge in [-0.15, -0.1) is 0 Å². The Morgan fingerprint density at radius 1 is 0.955 bits per heavy atom. The van der Waals surface area contributed by atoms with Crippen molar-refractivity contribution in [1.82, 2.24) is 14.1 Å². The Morgan fingerprint density at radius 3 is 1.86 bits per heavy atom. The standard InChI is InChI=1S/C14H29N3O2S.C2H6/c1-4-20(18,19)17-11-9-16(10-12-17)14-5-7-15(8-6-14)13(2)3;1-2/h13-14H,4-12H2,1-3H3;1-2H3. The Morgan fingerprint density at radius 2 is 1.45 bits per heavy atom. The molecule has 5 nitrogen and oxygen atoms in total. The zero-order chi connectivity index (χ0) is 16.8. The molecule has 0 aromatic heterocycles. The van der Waals surface area contributed by atoms with Crippen LogP contribution in [0.5, 0.6) is 0 Å². The van der Waals surface area contributed by atoms with Crippen LogP contribution in [0.25, 0.3) is 0 Å². The fourth-order valence-corrected chi connectivity index (χ4v) is 4.38. The number of piperidine rings is 1. The SMILES string of the molecule is CC.CCS(=O)(=O)N1CCN(C2CCN(C(C)C)CC2)CC1. The van der Waals surface area contributed by atoms with Gasteiger partial charge in [0.2, 0.25) is 10.0 Å². The van der Waals surface area contributed by atoms with Gasteiger partial charge in [-0.3, -0.25) is 4.90 Å². The highest BCUT2D eigenvalue weighted by Crippen LogP contribution is 2.20. The van der Waals surface area contributed by atoms with E-state index in [0.29, 0.717) is 25.2 Å².